The Morgan fingerprint density at radius 1 is 1.71 bits per heavy atom. The van der Waals surface area contributed by atoms with Gasteiger partial charge >= 0.3 is 0 Å². The summed E-state index contributed by atoms with van der Waals surface area (Å²) in [5.74, 6) is 0.245. The normalized spacial score (nSPS) is 12.1. The van der Waals surface area contributed by atoms with Crippen LogP contribution in [0.4, 0.5) is 0 Å². The molecular weight excluding hydrogens is 176 g/mol. The zero-order valence-corrected chi connectivity index (χ0v) is 8.20. The van der Waals surface area contributed by atoms with Crippen LogP contribution in [0.2, 0.25) is 0 Å². The molecule has 0 saturated carbocycles. The Balaban J connectivity index is 3.18. The van der Waals surface area contributed by atoms with Gasteiger partial charge in [0, 0.05) is 18.3 Å². The van der Waals surface area contributed by atoms with E-state index in [1.54, 1.807) is 19.2 Å². The van der Waals surface area contributed by atoms with E-state index in [4.69, 9.17) is 5.73 Å². The average molecular weight is 190 g/mol. The van der Waals surface area contributed by atoms with Crippen LogP contribution in [0.15, 0.2) is 36.7 Å². The molecule has 0 aliphatic heterocycles. The largest absolute Gasteiger partial charge is 0.512 e. The molecule has 0 unspecified atom stereocenters. The Morgan fingerprint density at radius 2 is 2.43 bits per heavy atom. The first kappa shape index (κ1) is 10.5. The maximum atomic E-state index is 9.39. The van der Waals surface area contributed by atoms with Crippen LogP contribution in [0, 0.1) is 0 Å². The molecule has 0 radical (unpaired) electrons. The number of hydrogen-bond donors (Lipinski definition) is 2. The second kappa shape index (κ2) is 4.58. The molecule has 14 heavy (non-hydrogen) atoms. The van der Waals surface area contributed by atoms with E-state index in [0.29, 0.717) is 12.1 Å². The molecule has 3 heteroatoms. The number of aliphatic hydroxyl groups excluding tert-OH is 1. The van der Waals surface area contributed by atoms with Gasteiger partial charge in [-0.05, 0) is 24.6 Å². The fourth-order valence-electron chi connectivity index (χ4n) is 1.23. The van der Waals surface area contributed by atoms with Gasteiger partial charge in [0.15, 0.2) is 0 Å². The molecule has 0 spiro atoms. The van der Waals surface area contributed by atoms with Gasteiger partial charge in [0.05, 0.1) is 11.5 Å². The smallest absolute Gasteiger partial charge is 0.0969 e. The average Bonchev–Trinajstić information content (AvgIpc) is 2.19. The van der Waals surface area contributed by atoms with E-state index in [-0.39, 0.29) is 5.76 Å². The molecule has 0 fully saturated rings. The maximum absolute atomic E-state index is 9.39. The van der Waals surface area contributed by atoms with Gasteiger partial charge in [-0.3, -0.25) is 4.98 Å². The van der Waals surface area contributed by atoms with Crippen LogP contribution in [0.1, 0.15) is 18.2 Å². The van der Waals surface area contributed by atoms with E-state index >= 15 is 0 Å². The minimum Gasteiger partial charge on any atom is -0.512 e. The molecule has 1 heterocycles. The molecule has 0 atom stereocenters. The number of aromatic nitrogens is 1. The molecule has 0 aliphatic rings. The van der Waals surface area contributed by atoms with Gasteiger partial charge in [0.25, 0.3) is 0 Å². The van der Waals surface area contributed by atoms with E-state index < -0.39 is 0 Å². The number of allylic oxidation sites excluding steroid dienone is 3. The quantitative estimate of drug-likeness (QED) is 0.566. The van der Waals surface area contributed by atoms with Crippen molar-refractivity contribution in [2.24, 2.45) is 5.73 Å². The summed E-state index contributed by atoms with van der Waals surface area (Å²) in [5.41, 5.74) is 7.86. The highest BCUT2D eigenvalue weighted by molar-refractivity contribution is 5.74. The van der Waals surface area contributed by atoms with E-state index in [0.717, 1.165) is 11.3 Å². The van der Waals surface area contributed by atoms with Crippen molar-refractivity contribution in [3.05, 3.63) is 48.0 Å². The first-order valence-electron chi connectivity index (χ1n) is 4.36. The topological polar surface area (TPSA) is 59.1 Å². The summed E-state index contributed by atoms with van der Waals surface area (Å²) in [6.45, 7) is 5.66. The van der Waals surface area contributed by atoms with Gasteiger partial charge < -0.3 is 10.8 Å². The SMILES string of the molecule is C=C/C(=C(\C)O)c1ccnc(CN)c1. The van der Waals surface area contributed by atoms with Gasteiger partial charge in [0.2, 0.25) is 0 Å². The Labute approximate surface area is 83.6 Å². The van der Waals surface area contributed by atoms with Crippen molar-refractivity contribution in [1.29, 1.82) is 0 Å². The van der Waals surface area contributed by atoms with Gasteiger partial charge in [-0.1, -0.05) is 12.7 Å². The Hall–Kier alpha value is -1.61. The zero-order valence-electron chi connectivity index (χ0n) is 8.20. The Kier molecular flexibility index (Phi) is 3.42. The molecule has 1 aromatic heterocycles. The monoisotopic (exact) mass is 190 g/mol. The fourth-order valence-corrected chi connectivity index (χ4v) is 1.23. The van der Waals surface area contributed by atoms with E-state index in [9.17, 15) is 5.11 Å². The van der Waals surface area contributed by atoms with E-state index in [1.807, 2.05) is 12.1 Å². The third-order valence-corrected chi connectivity index (χ3v) is 1.93. The van der Waals surface area contributed by atoms with Crippen molar-refractivity contribution in [1.82, 2.24) is 4.98 Å². The minimum absolute atomic E-state index is 0.245. The van der Waals surface area contributed by atoms with Crippen molar-refractivity contribution in [2.45, 2.75) is 13.5 Å². The van der Waals surface area contributed by atoms with Crippen molar-refractivity contribution >= 4 is 5.57 Å². The predicted octanol–water partition coefficient (Wildman–Crippen LogP) is 2.02. The van der Waals surface area contributed by atoms with Crippen molar-refractivity contribution < 1.29 is 5.11 Å². The number of rotatable bonds is 3. The summed E-state index contributed by atoms with van der Waals surface area (Å²) in [7, 11) is 0. The Bertz CT molecular complexity index is 365. The first-order valence-corrected chi connectivity index (χ1v) is 4.36. The molecule has 0 saturated heterocycles. The molecule has 0 aliphatic carbocycles. The summed E-state index contributed by atoms with van der Waals surface area (Å²) in [5, 5.41) is 9.39. The van der Waals surface area contributed by atoms with Crippen LogP contribution in [0.5, 0.6) is 0 Å². The number of aliphatic hydroxyl groups is 1. The lowest BCUT2D eigenvalue weighted by atomic mass is 10.1. The predicted molar refractivity (Wildman–Crippen MR) is 57.5 cm³/mol. The standard InChI is InChI=1S/C11H14N2O/c1-3-11(8(2)14)9-4-5-13-10(6-9)7-12/h3-6,14H,1,7,12H2,2H3/b11-8-. The molecular formula is C11H14N2O. The maximum Gasteiger partial charge on any atom is 0.0969 e. The van der Waals surface area contributed by atoms with E-state index in [1.165, 1.54) is 0 Å². The fraction of sp³-hybridized carbons (Fsp3) is 0.182. The lowest BCUT2D eigenvalue weighted by molar-refractivity contribution is 0.417. The zero-order chi connectivity index (χ0) is 10.6. The lowest BCUT2D eigenvalue weighted by Gasteiger charge is -2.05. The Morgan fingerprint density at radius 3 is 2.93 bits per heavy atom. The summed E-state index contributed by atoms with van der Waals surface area (Å²) >= 11 is 0. The van der Waals surface area contributed by atoms with Gasteiger partial charge in [-0.15, -0.1) is 0 Å². The van der Waals surface area contributed by atoms with Crippen molar-refractivity contribution in [2.75, 3.05) is 0 Å². The molecule has 74 valence electrons. The van der Waals surface area contributed by atoms with Crippen LogP contribution in [-0.4, -0.2) is 10.1 Å². The van der Waals surface area contributed by atoms with Crippen LogP contribution in [0.3, 0.4) is 0 Å². The van der Waals surface area contributed by atoms with E-state index in [2.05, 4.69) is 11.6 Å². The minimum atomic E-state index is 0.245. The summed E-state index contributed by atoms with van der Waals surface area (Å²) < 4.78 is 0. The van der Waals surface area contributed by atoms with Crippen molar-refractivity contribution in [3.8, 4) is 0 Å². The second-order valence-electron chi connectivity index (χ2n) is 2.94. The highest BCUT2D eigenvalue weighted by Crippen LogP contribution is 2.18. The molecule has 1 rings (SSSR count). The number of pyridine rings is 1. The first-order chi connectivity index (χ1) is 6.69. The summed E-state index contributed by atoms with van der Waals surface area (Å²) in [6, 6.07) is 3.66. The third kappa shape index (κ3) is 2.20. The molecule has 0 bridgehead atoms. The number of nitrogens with two attached hydrogens (primary N) is 1. The van der Waals surface area contributed by atoms with Crippen LogP contribution < -0.4 is 5.73 Å². The summed E-state index contributed by atoms with van der Waals surface area (Å²) in [6.07, 6.45) is 3.29. The lowest BCUT2D eigenvalue weighted by Crippen LogP contribution is -2.00. The number of nitrogens with zero attached hydrogens (tertiary/aromatic N) is 1. The second-order valence-corrected chi connectivity index (χ2v) is 2.94. The molecule has 3 N–H and O–H groups in total. The molecule has 1 aromatic rings. The van der Waals surface area contributed by atoms with Crippen LogP contribution in [-0.2, 0) is 6.54 Å². The van der Waals surface area contributed by atoms with Crippen LogP contribution in [0.25, 0.3) is 5.57 Å². The molecule has 0 amide bonds. The summed E-state index contributed by atoms with van der Waals surface area (Å²) in [4.78, 5) is 4.07. The molecule has 0 aromatic carbocycles. The highest BCUT2D eigenvalue weighted by Gasteiger charge is 2.02. The van der Waals surface area contributed by atoms with Gasteiger partial charge in [-0.2, -0.15) is 0 Å². The number of hydrogen-bond acceptors (Lipinski definition) is 3. The van der Waals surface area contributed by atoms with Crippen molar-refractivity contribution in [3.63, 3.8) is 0 Å². The van der Waals surface area contributed by atoms with Gasteiger partial charge in [-0.25, -0.2) is 0 Å². The highest BCUT2D eigenvalue weighted by atomic mass is 16.3. The molecule has 3 nitrogen and oxygen atoms in total. The van der Waals surface area contributed by atoms with Gasteiger partial charge in [0.1, 0.15) is 0 Å². The third-order valence-electron chi connectivity index (χ3n) is 1.93. The van der Waals surface area contributed by atoms with Crippen LogP contribution >= 0.6 is 0 Å².